The van der Waals surface area contributed by atoms with Crippen molar-refractivity contribution in [2.24, 2.45) is 16.4 Å². The highest BCUT2D eigenvalue weighted by molar-refractivity contribution is 9.10. The summed E-state index contributed by atoms with van der Waals surface area (Å²) in [6.07, 6.45) is 5.05. The molecule has 20 heavy (non-hydrogen) atoms. The molecule has 2 fully saturated rings. The zero-order valence-electron chi connectivity index (χ0n) is 11.7. The number of anilines is 1. The maximum Gasteiger partial charge on any atom is 0.178 e. The Morgan fingerprint density at radius 1 is 1.30 bits per heavy atom. The summed E-state index contributed by atoms with van der Waals surface area (Å²) in [5.74, 6) is 1.02. The first-order chi connectivity index (χ1) is 9.56. The molecule has 0 saturated heterocycles. The van der Waals surface area contributed by atoms with Crippen molar-refractivity contribution in [1.29, 1.82) is 0 Å². The topological polar surface area (TPSA) is 41.5 Å². The molecule has 0 aliphatic heterocycles. The van der Waals surface area contributed by atoms with Crippen molar-refractivity contribution >= 4 is 33.1 Å². The van der Waals surface area contributed by atoms with E-state index in [0.29, 0.717) is 11.8 Å². The molecule has 0 atom stereocenters. The zero-order valence-corrected chi connectivity index (χ0v) is 13.2. The molecule has 0 bridgehead atoms. The van der Waals surface area contributed by atoms with E-state index in [1.807, 2.05) is 24.3 Å². The number of carbonyl (C=O) groups excluding carboxylic acids is 1. The Morgan fingerprint density at radius 3 is 2.65 bits per heavy atom. The average Bonchev–Trinajstić information content (AvgIpc) is 2.40. The fourth-order valence-electron chi connectivity index (χ4n) is 3.59. The van der Waals surface area contributed by atoms with Crippen LogP contribution in [0.1, 0.15) is 39.0 Å². The molecular formula is C16H19BrN2O. The van der Waals surface area contributed by atoms with Gasteiger partial charge in [-0.15, -0.1) is 0 Å². The average molecular weight is 335 g/mol. The van der Waals surface area contributed by atoms with Gasteiger partial charge in [-0.3, -0.25) is 10.2 Å². The number of rotatable bonds is 2. The van der Waals surface area contributed by atoms with Gasteiger partial charge in [-0.1, -0.05) is 22.9 Å². The van der Waals surface area contributed by atoms with Gasteiger partial charge in [0.1, 0.15) is 5.71 Å². The summed E-state index contributed by atoms with van der Waals surface area (Å²) in [5, 5.41) is 4.37. The summed E-state index contributed by atoms with van der Waals surface area (Å²) in [4.78, 5) is 12.0. The fraction of sp³-hybridized carbons (Fsp3) is 0.500. The molecule has 106 valence electrons. The second-order valence-corrected chi connectivity index (χ2v) is 7.21. The van der Waals surface area contributed by atoms with Crippen LogP contribution in [0.25, 0.3) is 0 Å². The molecule has 2 aliphatic carbocycles. The molecule has 2 saturated carbocycles. The number of carbonyl (C=O) groups is 1. The second-order valence-electron chi connectivity index (χ2n) is 6.29. The highest BCUT2D eigenvalue weighted by Gasteiger charge is 2.46. The minimum absolute atomic E-state index is 0.208. The highest BCUT2D eigenvalue weighted by Crippen LogP contribution is 2.53. The molecule has 1 spiro atoms. The van der Waals surface area contributed by atoms with Crippen LogP contribution in [0.5, 0.6) is 0 Å². The number of Topliss-reactive ketones (excluding diaryl/α,β-unsaturated/α-hetero) is 1. The number of nitrogens with one attached hydrogen (secondary N) is 1. The lowest BCUT2D eigenvalue weighted by atomic mass is 9.56. The van der Waals surface area contributed by atoms with E-state index < -0.39 is 0 Å². The van der Waals surface area contributed by atoms with E-state index in [-0.39, 0.29) is 5.78 Å². The summed E-state index contributed by atoms with van der Waals surface area (Å²) in [6.45, 7) is 2.29. The lowest BCUT2D eigenvalue weighted by Gasteiger charge is -2.49. The Kier molecular flexibility index (Phi) is 3.67. The van der Waals surface area contributed by atoms with E-state index in [1.165, 1.54) is 12.8 Å². The van der Waals surface area contributed by atoms with Gasteiger partial charge in [0.25, 0.3) is 0 Å². The van der Waals surface area contributed by atoms with E-state index in [2.05, 4.69) is 33.4 Å². The standard InChI is InChI=1S/C16H19BrN2O/c1-11-8-16(9-11)7-6-15(20)14(10-16)19-18-13-4-2-12(17)3-5-13/h2-5,11,18H,6-10H2,1H3/b19-14-. The molecule has 1 aromatic carbocycles. The molecular weight excluding hydrogens is 316 g/mol. The van der Waals surface area contributed by atoms with Gasteiger partial charge in [0.2, 0.25) is 0 Å². The van der Waals surface area contributed by atoms with Crippen LogP contribution in [0, 0.1) is 11.3 Å². The maximum atomic E-state index is 12.0. The van der Waals surface area contributed by atoms with Crippen LogP contribution in [-0.2, 0) is 4.79 Å². The number of nitrogens with zero attached hydrogens (tertiary/aromatic N) is 1. The Bertz CT molecular complexity index is 544. The summed E-state index contributed by atoms with van der Waals surface area (Å²) < 4.78 is 1.03. The minimum atomic E-state index is 0.208. The van der Waals surface area contributed by atoms with Gasteiger partial charge in [0.15, 0.2) is 5.78 Å². The molecule has 3 nitrogen and oxygen atoms in total. The van der Waals surface area contributed by atoms with Crippen molar-refractivity contribution < 1.29 is 4.79 Å². The first-order valence-electron chi connectivity index (χ1n) is 7.18. The van der Waals surface area contributed by atoms with E-state index >= 15 is 0 Å². The number of benzene rings is 1. The largest absolute Gasteiger partial charge is 0.293 e. The van der Waals surface area contributed by atoms with Crippen LogP contribution >= 0.6 is 15.9 Å². The van der Waals surface area contributed by atoms with Gasteiger partial charge in [0.05, 0.1) is 5.69 Å². The summed E-state index contributed by atoms with van der Waals surface area (Å²) >= 11 is 3.40. The summed E-state index contributed by atoms with van der Waals surface area (Å²) in [7, 11) is 0. The molecule has 0 unspecified atom stereocenters. The quantitative estimate of drug-likeness (QED) is 0.815. The predicted octanol–water partition coefficient (Wildman–Crippen LogP) is 4.39. The van der Waals surface area contributed by atoms with Gasteiger partial charge >= 0.3 is 0 Å². The van der Waals surface area contributed by atoms with Crippen LogP contribution in [-0.4, -0.2) is 11.5 Å². The molecule has 1 aromatic rings. The van der Waals surface area contributed by atoms with Crippen molar-refractivity contribution in [1.82, 2.24) is 0 Å². The van der Waals surface area contributed by atoms with Gasteiger partial charge < -0.3 is 0 Å². The number of hydrogen-bond acceptors (Lipinski definition) is 3. The summed E-state index contributed by atoms with van der Waals surface area (Å²) in [5.41, 5.74) is 5.02. The molecule has 4 heteroatoms. The van der Waals surface area contributed by atoms with Crippen molar-refractivity contribution in [2.75, 3.05) is 5.43 Å². The Labute approximate surface area is 128 Å². The Morgan fingerprint density at radius 2 is 2.00 bits per heavy atom. The van der Waals surface area contributed by atoms with Crippen molar-refractivity contribution in [3.63, 3.8) is 0 Å². The number of hydrazone groups is 1. The molecule has 2 aliphatic rings. The van der Waals surface area contributed by atoms with Crippen molar-refractivity contribution in [3.8, 4) is 0 Å². The zero-order chi connectivity index (χ0) is 14.2. The van der Waals surface area contributed by atoms with Crippen LogP contribution < -0.4 is 5.43 Å². The lowest BCUT2D eigenvalue weighted by Crippen LogP contribution is -2.43. The smallest absolute Gasteiger partial charge is 0.178 e. The van der Waals surface area contributed by atoms with Crippen molar-refractivity contribution in [3.05, 3.63) is 28.7 Å². The summed E-state index contributed by atoms with van der Waals surface area (Å²) in [6, 6.07) is 7.81. The molecule has 0 aromatic heterocycles. The van der Waals surface area contributed by atoms with Crippen LogP contribution in [0.2, 0.25) is 0 Å². The number of ketones is 1. The molecule has 0 heterocycles. The van der Waals surface area contributed by atoms with Gasteiger partial charge in [-0.25, -0.2) is 0 Å². The first-order valence-corrected chi connectivity index (χ1v) is 7.97. The second kappa shape index (κ2) is 5.32. The maximum absolute atomic E-state index is 12.0. The lowest BCUT2D eigenvalue weighted by molar-refractivity contribution is -0.115. The van der Waals surface area contributed by atoms with Crippen molar-refractivity contribution in [2.45, 2.75) is 39.0 Å². The minimum Gasteiger partial charge on any atom is -0.293 e. The van der Waals surface area contributed by atoms with Gasteiger partial charge in [0, 0.05) is 17.3 Å². The third-order valence-electron chi connectivity index (χ3n) is 4.47. The third kappa shape index (κ3) is 2.80. The SMILES string of the molecule is CC1CC2(CCC(=O)/C(=N\Nc3ccc(Br)cc3)C2)C1. The normalized spacial score (nSPS) is 31.4. The predicted molar refractivity (Wildman–Crippen MR) is 84.9 cm³/mol. The monoisotopic (exact) mass is 334 g/mol. The number of halogens is 1. The van der Waals surface area contributed by atoms with Crippen LogP contribution in [0.4, 0.5) is 5.69 Å². The van der Waals surface area contributed by atoms with Crippen LogP contribution in [0.3, 0.4) is 0 Å². The number of hydrogen-bond donors (Lipinski definition) is 1. The van der Waals surface area contributed by atoms with E-state index in [1.54, 1.807) is 0 Å². The molecule has 3 rings (SSSR count). The van der Waals surface area contributed by atoms with E-state index in [0.717, 1.165) is 34.6 Å². The Hall–Kier alpha value is -1.16. The highest BCUT2D eigenvalue weighted by atomic mass is 79.9. The Balaban J connectivity index is 1.69. The third-order valence-corrected chi connectivity index (χ3v) is 5.00. The molecule has 0 amide bonds. The van der Waals surface area contributed by atoms with Gasteiger partial charge in [-0.05, 0) is 54.9 Å². The fourth-order valence-corrected chi connectivity index (χ4v) is 3.85. The molecule has 1 N–H and O–H groups in total. The van der Waals surface area contributed by atoms with Crippen LogP contribution in [0.15, 0.2) is 33.8 Å². The molecule has 0 radical (unpaired) electrons. The first kappa shape index (κ1) is 13.8. The van der Waals surface area contributed by atoms with Gasteiger partial charge in [-0.2, -0.15) is 5.10 Å². The van der Waals surface area contributed by atoms with E-state index in [4.69, 9.17) is 0 Å². The van der Waals surface area contributed by atoms with E-state index in [9.17, 15) is 4.79 Å².